The minimum absolute atomic E-state index is 0.205. The fourth-order valence-electron chi connectivity index (χ4n) is 2.54. The molecular formula is C18H22ClN5O2. The summed E-state index contributed by atoms with van der Waals surface area (Å²) in [5, 5.41) is 5.42. The molecule has 0 spiro atoms. The molecule has 0 amide bonds. The third-order valence-corrected chi connectivity index (χ3v) is 4.15. The van der Waals surface area contributed by atoms with Crippen LogP contribution >= 0.6 is 11.6 Å². The molecule has 0 aliphatic carbocycles. The van der Waals surface area contributed by atoms with Crippen LogP contribution in [0.4, 0.5) is 5.95 Å². The number of likely N-dealkylation sites (N-methyl/N-ethyl adjacent to an activating group) is 1. The molecule has 0 atom stereocenters. The quantitative estimate of drug-likeness (QED) is 0.741. The summed E-state index contributed by atoms with van der Waals surface area (Å²) in [7, 11) is 1.85. The molecule has 0 bridgehead atoms. The van der Waals surface area contributed by atoms with E-state index in [1.54, 1.807) is 23.0 Å². The second kappa shape index (κ2) is 6.99. The number of aromatic amines is 1. The van der Waals surface area contributed by atoms with E-state index in [-0.39, 0.29) is 11.1 Å². The molecule has 7 nitrogen and oxygen atoms in total. The highest BCUT2D eigenvalue weighted by atomic mass is 35.5. The van der Waals surface area contributed by atoms with Gasteiger partial charge in [-0.3, -0.25) is 9.78 Å². The maximum Gasteiger partial charge on any atom is 0.263 e. The topological polar surface area (TPSA) is 76.0 Å². The minimum Gasteiger partial charge on any atom is -0.492 e. The van der Waals surface area contributed by atoms with Crippen LogP contribution in [-0.2, 0) is 5.54 Å². The average Bonchev–Trinajstić information content (AvgIpc) is 2.99. The Bertz CT molecular complexity index is 974. The number of nitrogens with zero attached hydrogens (tertiary/aromatic N) is 4. The summed E-state index contributed by atoms with van der Waals surface area (Å²) in [5.41, 5.74) is 0.0932. The van der Waals surface area contributed by atoms with Gasteiger partial charge in [0.25, 0.3) is 5.56 Å². The Labute approximate surface area is 156 Å². The zero-order valence-corrected chi connectivity index (χ0v) is 16.0. The molecule has 0 radical (unpaired) electrons. The number of fused-ring (bicyclic) bond motifs is 1. The number of hydrogen-bond donors (Lipinski definition) is 1. The Morgan fingerprint density at radius 1 is 1.35 bits per heavy atom. The fraction of sp³-hybridized carbons (Fsp3) is 0.389. The van der Waals surface area contributed by atoms with Crippen LogP contribution in [0, 0.1) is 0 Å². The highest BCUT2D eigenvalue weighted by Crippen LogP contribution is 2.20. The van der Waals surface area contributed by atoms with E-state index in [9.17, 15) is 4.79 Å². The number of aromatic nitrogens is 4. The second-order valence-electron chi connectivity index (χ2n) is 7.08. The predicted molar refractivity (Wildman–Crippen MR) is 103 cm³/mol. The van der Waals surface area contributed by atoms with Crippen LogP contribution in [0.15, 0.2) is 35.3 Å². The van der Waals surface area contributed by atoms with Crippen LogP contribution in [0.5, 0.6) is 5.75 Å². The Kier molecular flexibility index (Phi) is 4.91. The molecule has 3 aromatic rings. The van der Waals surface area contributed by atoms with Crippen molar-refractivity contribution < 1.29 is 4.74 Å². The number of benzene rings is 1. The lowest BCUT2D eigenvalue weighted by Gasteiger charge is -2.21. The smallest absolute Gasteiger partial charge is 0.263 e. The monoisotopic (exact) mass is 375 g/mol. The summed E-state index contributed by atoms with van der Waals surface area (Å²) in [4.78, 5) is 21.6. The SMILES string of the molecule is CN(CCOc1cccc(Cl)c1)c1nc2c(cnn2C(C)(C)C)c(=O)[nH]1. The zero-order valence-electron chi connectivity index (χ0n) is 15.3. The van der Waals surface area contributed by atoms with E-state index in [1.165, 1.54) is 0 Å². The molecule has 2 heterocycles. The zero-order chi connectivity index (χ0) is 18.9. The van der Waals surface area contributed by atoms with Gasteiger partial charge in [-0.1, -0.05) is 17.7 Å². The number of H-pyrrole nitrogens is 1. The van der Waals surface area contributed by atoms with Gasteiger partial charge in [0.1, 0.15) is 17.7 Å². The Balaban J connectivity index is 1.77. The summed E-state index contributed by atoms with van der Waals surface area (Å²) in [6, 6.07) is 7.24. The lowest BCUT2D eigenvalue weighted by Crippen LogP contribution is -2.29. The largest absolute Gasteiger partial charge is 0.492 e. The lowest BCUT2D eigenvalue weighted by molar-refractivity contribution is 0.325. The molecule has 3 rings (SSSR count). The van der Waals surface area contributed by atoms with Crippen molar-refractivity contribution in [2.45, 2.75) is 26.3 Å². The van der Waals surface area contributed by atoms with Crippen molar-refractivity contribution in [3.8, 4) is 5.75 Å². The van der Waals surface area contributed by atoms with Crippen LogP contribution in [0.1, 0.15) is 20.8 Å². The van der Waals surface area contributed by atoms with Crippen molar-refractivity contribution in [2.24, 2.45) is 0 Å². The molecule has 8 heteroatoms. The van der Waals surface area contributed by atoms with E-state index >= 15 is 0 Å². The third-order valence-electron chi connectivity index (χ3n) is 3.91. The van der Waals surface area contributed by atoms with Gasteiger partial charge in [0, 0.05) is 12.1 Å². The van der Waals surface area contributed by atoms with Gasteiger partial charge < -0.3 is 9.64 Å². The molecule has 1 aromatic carbocycles. The summed E-state index contributed by atoms with van der Waals surface area (Å²) in [6.07, 6.45) is 1.55. The summed E-state index contributed by atoms with van der Waals surface area (Å²) >= 11 is 5.95. The normalized spacial score (nSPS) is 11.7. The molecule has 2 aromatic heterocycles. The van der Waals surface area contributed by atoms with E-state index < -0.39 is 0 Å². The summed E-state index contributed by atoms with van der Waals surface area (Å²) in [6.45, 7) is 7.03. The Hall–Kier alpha value is -2.54. The van der Waals surface area contributed by atoms with Crippen molar-refractivity contribution in [3.05, 3.63) is 45.8 Å². The molecule has 0 aliphatic rings. The van der Waals surface area contributed by atoms with E-state index in [1.807, 2.05) is 44.9 Å². The van der Waals surface area contributed by atoms with Crippen molar-refractivity contribution >= 4 is 28.6 Å². The standard InChI is InChI=1S/C18H22ClN5O2/c1-18(2,3)24-15-14(11-20-24)16(25)22-17(21-15)23(4)8-9-26-13-7-5-6-12(19)10-13/h5-7,10-11H,8-9H2,1-4H3,(H,21,22,25). The van der Waals surface area contributed by atoms with Gasteiger partial charge in [0.2, 0.25) is 5.95 Å². The maximum absolute atomic E-state index is 12.4. The first-order valence-corrected chi connectivity index (χ1v) is 8.71. The number of hydrogen-bond acceptors (Lipinski definition) is 5. The number of halogens is 1. The first kappa shape index (κ1) is 18.3. The van der Waals surface area contributed by atoms with Gasteiger partial charge in [-0.25, -0.2) is 4.68 Å². The molecule has 0 fully saturated rings. The molecule has 138 valence electrons. The van der Waals surface area contributed by atoms with Crippen LogP contribution in [0.25, 0.3) is 11.0 Å². The first-order chi connectivity index (χ1) is 12.3. The molecule has 1 N–H and O–H groups in total. The molecule has 26 heavy (non-hydrogen) atoms. The van der Waals surface area contributed by atoms with Gasteiger partial charge in [-0.15, -0.1) is 0 Å². The van der Waals surface area contributed by atoms with Crippen molar-refractivity contribution in [2.75, 3.05) is 25.1 Å². The van der Waals surface area contributed by atoms with Gasteiger partial charge in [-0.2, -0.15) is 10.1 Å². The average molecular weight is 376 g/mol. The lowest BCUT2D eigenvalue weighted by atomic mass is 10.1. The molecular weight excluding hydrogens is 354 g/mol. The molecule has 0 unspecified atom stereocenters. The highest BCUT2D eigenvalue weighted by Gasteiger charge is 2.20. The summed E-state index contributed by atoms with van der Waals surface area (Å²) in [5.74, 6) is 1.18. The van der Waals surface area contributed by atoms with Gasteiger partial charge in [0.15, 0.2) is 5.65 Å². The number of anilines is 1. The maximum atomic E-state index is 12.4. The first-order valence-electron chi connectivity index (χ1n) is 8.34. The van der Waals surface area contributed by atoms with E-state index in [0.717, 1.165) is 0 Å². The highest BCUT2D eigenvalue weighted by molar-refractivity contribution is 6.30. The predicted octanol–water partition coefficient (Wildman–Crippen LogP) is 3.04. The Morgan fingerprint density at radius 2 is 2.12 bits per heavy atom. The second-order valence-corrected chi connectivity index (χ2v) is 7.52. The van der Waals surface area contributed by atoms with Gasteiger partial charge in [0.05, 0.1) is 18.3 Å². The van der Waals surface area contributed by atoms with Crippen molar-refractivity contribution in [1.82, 2.24) is 19.7 Å². The Morgan fingerprint density at radius 3 is 2.81 bits per heavy atom. The van der Waals surface area contributed by atoms with E-state index in [4.69, 9.17) is 16.3 Å². The molecule has 0 aliphatic heterocycles. The van der Waals surface area contributed by atoms with Crippen LogP contribution in [-0.4, -0.2) is 39.9 Å². The van der Waals surface area contributed by atoms with Crippen LogP contribution in [0.2, 0.25) is 5.02 Å². The summed E-state index contributed by atoms with van der Waals surface area (Å²) < 4.78 is 7.46. The van der Waals surface area contributed by atoms with Gasteiger partial charge in [-0.05, 0) is 39.0 Å². The van der Waals surface area contributed by atoms with Crippen molar-refractivity contribution in [3.63, 3.8) is 0 Å². The number of rotatable bonds is 5. The fourth-order valence-corrected chi connectivity index (χ4v) is 2.72. The number of nitrogens with one attached hydrogen (secondary N) is 1. The number of ether oxygens (including phenoxy) is 1. The van der Waals surface area contributed by atoms with Crippen molar-refractivity contribution in [1.29, 1.82) is 0 Å². The van der Waals surface area contributed by atoms with Crippen LogP contribution < -0.4 is 15.2 Å². The molecule has 0 saturated heterocycles. The van der Waals surface area contributed by atoms with Crippen LogP contribution in [0.3, 0.4) is 0 Å². The third kappa shape index (κ3) is 3.83. The minimum atomic E-state index is -0.270. The van der Waals surface area contributed by atoms with E-state index in [2.05, 4.69) is 15.1 Å². The molecule has 0 saturated carbocycles. The van der Waals surface area contributed by atoms with Gasteiger partial charge >= 0.3 is 0 Å². The van der Waals surface area contributed by atoms with E-state index in [0.29, 0.717) is 40.9 Å².